The van der Waals surface area contributed by atoms with Gasteiger partial charge in [-0.3, -0.25) is 9.69 Å². The number of ether oxygens (including phenoxy) is 1. The number of aliphatic hydroxyl groups excluding tert-OH is 1. The summed E-state index contributed by atoms with van der Waals surface area (Å²) in [5, 5.41) is 12.8. The minimum absolute atomic E-state index is 0.0378. The van der Waals surface area contributed by atoms with Gasteiger partial charge in [0.15, 0.2) is 0 Å². The van der Waals surface area contributed by atoms with Crippen molar-refractivity contribution < 1.29 is 19.4 Å². The molecule has 2 unspecified atom stereocenters. The number of fused-ring (bicyclic) bond motifs is 1. The summed E-state index contributed by atoms with van der Waals surface area (Å²) in [5.41, 5.74) is 1.55. The number of nitrogens with one attached hydrogen (secondary N) is 1. The topological polar surface area (TPSA) is 78.9 Å². The Morgan fingerprint density at radius 2 is 2.12 bits per heavy atom. The Bertz CT molecular complexity index is 644. The Labute approximate surface area is 141 Å². The van der Waals surface area contributed by atoms with Gasteiger partial charge < -0.3 is 15.2 Å². The fourth-order valence-corrected chi connectivity index (χ4v) is 3.36. The molecule has 3 amide bonds. The van der Waals surface area contributed by atoms with Crippen molar-refractivity contribution in [2.24, 2.45) is 0 Å². The maximum absolute atomic E-state index is 12.1. The van der Waals surface area contributed by atoms with Crippen LogP contribution in [0.1, 0.15) is 43.9 Å². The van der Waals surface area contributed by atoms with Crippen LogP contribution in [0.3, 0.4) is 0 Å². The SMILES string of the molecule is CC1(C)NC(=O)N(CC(O)COC2CCCc3ccccc32)C1=O. The van der Waals surface area contributed by atoms with Crippen LogP contribution in [-0.4, -0.2) is 46.7 Å². The third-order valence-electron chi connectivity index (χ3n) is 4.64. The number of aryl methyl sites for hydroxylation is 1. The first kappa shape index (κ1) is 16.9. The lowest BCUT2D eigenvalue weighted by molar-refractivity contribution is -0.131. The quantitative estimate of drug-likeness (QED) is 0.806. The molecule has 0 spiro atoms. The molecule has 130 valence electrons. The van der Waals surface area contributed by atoms with Gasteiger partial charge in [-0.2, -0.15) is 0 Å². The summed E-state index contributed by atoms with van der Waals surface area (Å²) in [6.45, 7) is 3.34. The molecule has 1 aromatic rings. The van der Waals surface area contributed by atoms with E-state index in [2.05, 4.69) is 17.4 Å². The second-order valence-corrected chi connectivity index (χ2v) is 7.04. The normalized spacial score (nSPS) is 23.8. The van der Waals surface area contributed by atoms with Crippen molar-refractivity contribution >= 4 is 11.9 Å². The Morgan fingerprint density at radius 3 is 2.83 bits per heavy atom. The summed E-state index contributed by atoms with van der Waals surface area (Å²) >= 11 is 0. The van der Waals surface area contributed by atoms with E-state index in [-0.39, 0.29) is 25.2 Å². The zero-order valence-electron chi connectivity index (χ0n) is 14.1. The van der Waals surface area contributed by atoms with E-state index in [9.17, 15) is 14.7 Å². The Morgan fingerprint density at radius 1 is 1.38 bits per heavy atom. The fourth-order valence-electron chi connectivity index (χ4n) is 3.36. The molecule has 1 aromatic carbocycles. The van der Waals surface area contributed by atoms with Gasteiger partial charge in [0, 0.05) is 0 Å². The highest BCUT2D eigenvalue weighted by Crippen LogP contribution is 2.32. The second kappa shape index (κ2) is 6.53. The van der Waals surface area contributed by atoms with E-state index in [1.165, 1.54) is 11.1 Å². The number of carbonyl (C=O) groups excluding carboxylic acids is 2. The van der Waals surface area contributed by atoms with Gasteiger partial charge in [-0.1, -0.05) is 24.3 Å². The third kappa shape index (κ3) is 3.30. The lowest BCUT2D eigenvalue weighted by Gasteiger charge is -2.27. The molecule has 0 aromatic heterocycles. The van der Waals surface area contributed by atoms with E-state index in [0.29, 0.717) is 0 Å². The minimum atomic E-state index is -0.917. The van der Waals surface area contributed by atoms with Gasteiger partial charge in [0.1, 0.15) is 5.54 Å². The monoisotopic (exact) mass is 332 g/mol. The predicted octanol–water partition coefficient (Wildman–Crippen LogP) is 1.77. The van der Waals surface area contributed by atoms with E-state index in [4.69, 9.17) is 4.74 Å². The van der Waals surface area contributed by atoms with Crippen molar-refractivity contribution in [3.63, 3.8) is 0 Å². The molecule has 0 radical (unpaired) electrons. The first-order chi connectivity index (χ1) is 11.4. The summed E-state index contributed by atoms with van der Waals surface area (Å²) in [4.78, 5) is 25.0. The van der Waals surface area contributed by atoms with Gasteiger partial charge in [-0.25, -0.2) is 4.79 Å². The molecular weight excluding hydrogens is 308 g/mol. The van der Waals surface area contributed by atoms with Crippen LogP contribution in [0, 0.1) is 0 Å². The largest absolute Gasteiger partial charge is 0.389 e. The van der Waals surface area contributed by atoms with Gasteiger partial charge in [0.25, 0.3) is 5.91 Å². The molecule has 1 heterocycles. The number of urea groups is 1. The van der Waals surface area contributed by atoms with Crippen molar-refractivity contribution in [1.29, 1.82) is 0 Å². The highest BCUT2D eigenvalue weighted by molar-refractivity contribution is 6.06. The molecular formula is C18H24N2O4. The zero-order chi connectivity index (χ0) is 17.3. The van der Waals surface area contributed by atoms with Crippen LogP contribution in [0.4, 0.5) is 4.79 Å². The molecule has 1 aliphatic heterocycles. The van der Waals surface area contributed by atoms with Gasteiger partial charge >= 0.3 is 6.03 Å². The number of hydrogen-bond acceptors (Lipinski definition) is 4. The van der Waals surface area contributed by atoms with Gasteiger partial charge in [-0.15, -0.1) is 0 Å². The second-order valence-electron chi connectivity index (χ2n) is 7.04. The number of imide groups is 1. The van der Waals surface area contributed by atoms with Crippen LogP contribution in [0.5, 0.6) is 0 Å². The highest BCUT2D eigenvalue weighted by Gasteiger charge is 2.44. The molecule has 24 heavy (non-hydrogen) atoms. The summed E-state index contributed by atoms with van der Waals surface area (Å²) in [7, 11) is 0. The summed E-state index contributed by atoms with van der Waals surface area (Å²) in [5.74, 6) is -0.324. The zero-order valence-corrected chi connectivity index (χ0v) is 14.1. The maximum Gasteiger partial charge on any atom is 0.325 e. The summed E-state index contributed by atoms with van der Waals surface area (Å²) < 4.78 is 5.88. The van der Waals surface area contributed by atoms with Gasteiger partial charge in [0.2, 0.25) is 0 Å². The number of rotatable bonds is 5. The number of carbonyl (C=O) groups is 2. The van der Waals surface area contributed by atoms with E-state index in [1.54, 1.807) is 13.8 Å². The molecule has 0 bridgehead atoms. The molecule has 0 saturated carbocycles. The van der Waals surface area contributed by atoms with Crippen molar-refractivity contribution in [2.45, 2.75) is 50.9 Å². The summed E-state index contributed by atoms with van der Waals surface area (Å²) in [6, 6.07) is 7.72. The average molecular weight is 332 g/mol. The van der Waals surface area contributed by atoms with Crippen LogP contribution in [-0.2, 0) is 16.0 Å². The van der Waals surface area contributed by atoms with Gasteiger partial charge in [-0.05, 0) is 44.2 Å². The lowest BCUT2D eigenvalue weighted by Crippen LogP contribution is -2.42. The molecule has 1 fully saturated rings. The van der Waals surface area contributed by atoms with Crippen molar-refractivity contribution in [3.8, 4) is 0 Å². The number of amides is 3. The molecule has 1 aliphatic carbocycles. The Balaban J connectivity index is 1.56. The molecule has 2 atom stereocenters. The average Bonchev–Trinajstić information content (AvgIpc) is 2.74. The Hall–Kier alpha value is -1.92. The minimum Gasteiger partial charge on any atom is -0.389 e. The van der Waals surface area contributed by atoms with E-state index in [0.717, 1.165) is 24.2 Å². The number of hydrogen-bond donors (Lipinski definition) is 2. The van der Waals surface area contributed by atoms with Crippen molar-refractivity contribution in [1.82, 2.24) is 10.2 Å². The molecule has 1 saturated heterocycles. The summed E-state index contributed by atoms with van der Waals surface area (Å²) in [6.07, 6.45) is 2.08. The van der Waals surface area contributed by atoms with E-state index >= 15 is 0 Å². The van der Waals surface area contributed by atoms with Crippen LogP contribution in [0.2, 0.25) is 0 Å². The van der Waals surface area contributed by atoms with Crippen molar-refractivity contribution in [3.05, 3.63) is 35.4 Å². The standard InChI is InChI=1S/C18H24N2O4/c1-18(2)16(22)20(17(23)19-18)10-13(21)11-24-15-9-5-7-12-6-3-4-8-14(12)15/h3-4,6,8,13,15,21H,5,7,9-11H2,1-2H3,(H,19,23). The van der Waals surface area contributed by atoms with Crippen molar-refractivity contribution in [2.75, 3.05) is 13.2 Å². The third-order valence-corrected chi connectivity index (χ3v) is 4.64. The molecule has 3 rings (SSSR count). The molecule has 2 aliphatic rings. The first-order valence-corrected chi connectivity index (χ1v) is 8.40. The number of β-amino-alcohol motifs (C(OH)–C–C–N with tert-alkyl or cyclic N) is 1. The predicted molar refractivity (Wildman–Crippen MR) is 88.4 cm³/mol. The molecule has 6 heteroatoms. The van der Waals surface area contributed by atoms with Crippen LogP contribution in [0.25, 0.3) is 0 Å². The van der Waals surface area contributed by atoms with Crippen LogP contribution >= 0.6 is 0 Å². The highest BCUT2D eigenvalue weighted by atomic mass is 16.5. The number of benzene rings is 1. The molecule has 6 nitrogen and oxygen atoms in total. The van der Waals surface area contributed by atoms with Gasteiger partial charge in [0.05, 0.1) is 25.4 Å². The smallest absolute Gasteiger partial charge is 0.325 e. The number of nitrogens with zero attached hydrogens (tertiary/aromatic N) is 1. The number of aliphatic hydroxyl groups is 1. The molecule has 2 N–H and O–H groups in total. The Kier molecular flexibility index (Phi) is 4.60. The van der Waals surface area contributed by atoms with Crippen LogP contribution in [0.15, 0.2) is 24.3 Å². The van der Waals surface area contributed by atoms with E-state index < -0.39 is 17.7 Å². The van der Waals surface area contributed by atoms with E-state index in [1.807, 2.05) is 12.1 Å². The lowest BCUT2D eigenvalue weighted by atomic mass is 9.89. The maximum atomic E-state index is 12.1. The fraction of sp³-hybridized carbons (Fsp3) is 0.556. The first-order valence-electron chi connectivity index (χ1n) is 8.40. The van der Waals surface area contributed by atoms with Crippen LogP contribution < -0.4 is 5.32 Å².